The standard InChI is InChI=1S/C12H20N2O4/c1-4-5-13-6-7-14(10(16)9(13)15)8-12(2,3)11(17)18/h4-8H2,1-3H3,(H,17,18). The van der Waals surface area contributed by atoms with Gasteiger partial charge in [-0.05, 0) is 20.3 Å². The maximum Gasteiger partial charge on any atom is 0.312 e. The molecule has 0 aromatic rings. The molecule has 1 rings (SSSR count). The highest BCUT2D eigenvalue weighted by atomic mass is 16.4. The molecule has 0 aromatic carbocycles. The van der Waals surface area contributed by atoms with Crippen molar-refractivity contribution in [1.82, 2.24) is 9.80 Å². The smallest absolute Gasteiger partial charge is 0.312 e. The summed E-state index contributed by atoms with van der Waals surface area (Å²) >= 11 is 0. The van der Waals surface area contributed by atoms with E-state index in [0.717, 1.165) is 6.42 Å². The van der Waals surface area contributed by atoms with Crippen LogP contribution in [0.3, 0.4) is 0 Å². The van der Waals surface area contributed by atoms with Crippen LogP contribution in [-0.2, 0) is 14.4 Å². The zero-order valence-corrected chi connectivity index (χ0v) is 11.1. The number of rotatable bonds is 5. The summed E-state index contributed by atoms with van der Waals surface area (Å²) in [5.41, 5.74) is -1.04. The van der Waals surface area contributed by atoms with Gasteiger partial charge >= 0.3 is 17.8 Å². The van der Waals surface area contributed by atoms with Crippen LogP contribution in [0.2, 0.25) is 0 Å². The van der Waals surface area contributed by atoms with Crippen LogP contribution in [0.5, 0.6) is 0 Å². The number of hydrogen-bond donors (Lipinski definition) is 1. The van der Waals surface area contributed by atoms with Gasteiger partial charge in [0.15, 0.2) is 0 Å². The highest BCUT2D eigenvalue weighted by Gasteiger charge is 2.37. The fourth-order valence-electron chi connectivity index (χ4n) is 1.89. The molecule has 0 atom stereocenters. The van der Waals surface area contributed by atoms with Gasteiger partial charge in [-0.15, -0.1) is 0 Å². The SMILES string of the molecule is CCCN1CCN(CC(C)(C)C(=O)O)C(=O)C1=O. The van der Waals surface area contributed by atoms with Crippen LogP contribution in [0.25, 0.3) is 0 Å². The predicted molar refractivity (Wildman–Crippen MR) is 64.9 cm³/mol. The minimum atomic E-state index is -1.04. The molecule has 0 bridgehead atoms. The van der Waals surface area contributed by atoms with Crippen molar-refractivity contribution in [2.24, 2.45) is 5.41 Å². The molecule has 102 valence electrons. The van der Waals surface area contributed by atoms with E-state index in [1.54, 1.807) is 13.8 Å². The summed E-state index contributed by atoms with van der Waals surface area (Å²) in [4.78, 5) is 37.5. The van der Waals surface area contributed by atoms with Crippen molar-refractivity contribution in [2.45, 2.75) is 27.2 Å². The minimum Gasteiger partial charge on any atom is -0.481 e. The molecular weight excluding hydrogens is 236 g/mol. The van der Waals surface area contributed by atoms with Gasteiger partial charge in [-0.1, -0.05) is 6.92 Å². The third-order valence-corrected chi connectivity index (χ3v) is 3.06. The van der Waals surface area contributed by atoms with E-state index in [9.17, 15) is 14.4 Å². The van der Waals surface area contributed by atoms with Crippen LogP contribution >= 0.6 is 0 Å². The van der Waals surface area contributed by atoms with Gasteiger partial charge in [0.1, 0.15) is 0 Å². The third kappa shape index (κ3) is 3.00. The Morgan fingerprint density at radius 2 is 1.72 bits per heavy atom. The van der Waals surface area contributed by atoms with Crippen molar-refractivity contribution in [2.75, 3.05) is 26.2 Å². The number of carbonyl (C=O) groups is 3. The number of carboxylic acids is 1. The average molecular weight is 256 g/mol. The number of carbonyl (C=O) groups excluding carboxylic acids is 2. The molecule has 0 spiro atoms. The molecule has 6 nitrogen and oxygen atoms in total. The topological polar surface area (TPSA) is 77.9 Å². The molecule has 1 heterocycles. The first kappa shape index (κ1) is 14.5. The Morgan fingerprint density at radius 3 is 2.22 bits per heavy atom. The van der Waals surface area contributed by atoms with Gasteiger partial charge < -0.3 is 14.9 Å². The van der Waals surface area contributed by atoms with Crippen molar-refractivity contribution in [3.8, 4) is 0 Å². The lowest BCUT2D eigenvalue weighted by Gasteiger charge is -2.36. The van der Waals surface area contributed by atoms with E-state index in [1.807, 2.05) is 6.92 Å². The Kier molecular flexibility index (Phi) is 4.32. The van der Waals surface area contributed by atoms with Crippen LogP contribution in [0.4, 0.5) is 0 Å². The van der Waals surface area contributed by atoms with Crippen LogP contribution in [-0.4, -0.2) is 58.9 Å². The first-order valence-electron chi connectivity index (χ1n) is 6.11. The molecule has 1 fully saturated rings. The maximum absolute atomic E-state index is 11.9. The lowest BCUT2D eigenvalue weighted by molar-refractivity contribution is -0.159. The Bertz CT molecular complexity index is 365. The predicted octanol–water partition coefficient (Wildman–Crippen LogP) is 0.178. The Balaban J connectivity index is 2.70. The molecule has 0 aromatic heterocycles. The molecular formula is C12H20N2O4. The molecule has 1 N–H and O–H groups in total. The average Bonchev–Trinajstić information content (AvgIpc) is 2.28. The Labute approximate surface area is 107 Å². The molecule has 2 amide bonds. The van der Waals surface area contributed by atoms with Gasteiger partial charge in [-0.3, -0.25) is 14.4 Å². The van der Waals surface area contributed by atoms with Crippen molar-refractivity contribution in [1.29, 1.82) is 0 Å². The largest absolute Gasteiger partial charge is 0.481 e. The number of carboxylic acid groups (broad SMARTS) is 1. The molecule has 0 unspecified atom stereocenters. The molecule has 0 aliphatic carbocycles. The van der Waals surface area contributed by atoms with Gasteiger partial charge in [0, 0.05) is 26.2 Å². The molecule has 18 heavy (non-hydrogen) atoms. The number of hydrogen-bond acceptors (Lipinski definition) is 3. The summed E-state index contributed by atoms with van der Waals surface area (Å²) in [5.74, 6) is -2.09. The fraction of sp³-hybridized carbons (Fsp3) is 0.750. The summed E-state index contributed by atoms with van der Waals surface area (Å²) in [6.07, 6.45) is 0.805. The molecule has 1 aliphatic rings. The van der Waals surface area contributed by atoms with Gasteiger partial charge in [0.05, 0.1) is 5.41 Å². The second-order valence-electron chi connectivity index (χ2n) is 5.21. The highest BCUT2D eigenvalue weighted by Crippen LogP contribution is 2.19. The van der Waals surface area contributed by atoms with E-state index in [2.05, 4.69) is 0 Å². The lowest BCUT2D eigenvalue weighted by atomic mass is 9.92. The number of piperazine rings is 1. The van der Waals surface area contributed by atoms with Gasteiger partial charge in [-0.25, -0.2) is 0 Å². The second kappa shape index (κ2) is 5.37. The van der Waals surface area contributed by atoms with Crippen molar-refractivity contribution >= 4 is 17.8 Å². The number of nitrogens with zero attached hydrogens (tertiary/aromatic N) is 2. The second-order valence-corrected chi connectivity index (χ2v) is 5.21. The van der Waals surface area contributed by atoms with Gasteiger partial charge in [0.2, 0.25) is 0 Å². The first-order chi connectivity index (χ1) is 8.29. The van der Waals surface area contributed by atoms with Crippen LogP contribution in [0.1, 0.15) is 27.2 Å². The van der Waals surface area contributed by atoms with Gasteiger partial charge in [-0.2, -0.15) is 0 Å². The summed E-state index contributed by atoms with van der Waals surface area (Å²) < 4.78 is 0. The summed E-state index contributed by atoms with van der Waals surface area (Å²) in [6, 6.07) is 0. The van der Waals surface area contributed by atoms with Gasteiger partial charge in [0.25, 0.3) is 0 Å². The minimum absolute atomic E-state index is 0.0624. The van der Waals surface area contributed by atoms with E-state index in [1.165, 1.54) is 9.80 Å². The zero-order chi connectivity index (χ0) is 13.9. The number of aliphatic carboxylic acids is 1. The maximum atomic E-state index is 11.9. The summed E-state index contributed by atoms with van der Waals surface area (Å²) in [5, 5.41) is 9.03. The monoisotopic (exact) mass is 256 g/mol. The summed E-state index contributed by atoms with van der Waals surface area (Å²) in [7, 11) is 0. The first-order valence-corrected chi connectivity index (χ1v) is 6.11. The molecule has 0 saturated carbocycles. The highest BCUT2D eigenvalue weighted by molar-refractivity contribution is 6.35. The van der Waals surface area contributed by atoms with Crippen molar-refractivity contribution in [3.63, 3.8) is 0 Å². The fourth-order valence-corrected chi connectivity index (χ4v) is 1.89. The zero-order valence-electron chi connectivity index (χ0n) is 11.1. The van der Waals surface area contributed by atoms with Crippen LogP contribution in [0, 0.1) is 5.41 Å². The third-order valence-electron chi connectivity index (χ3n) is 3.06. The number of amides is 2. The molecule has 1 aliphatic heterocycles. The lowest BCUT2D eigenvalue weighted by Crippen LogP contribution is -2.56. The molecule has 0 radical (unpaired) electrons. The molecule has 1 saturated heterocycles. The van der Waals surface area contributed by atoms with E-state index >= 15 is 0 Å². The van der Waals surface area contributed by atoms with E-state index in [4.69, 9.17) is 5.11 Å². The van der Waals surface area contributed by atoms with E-state index in [-0.39, 0.29) is 6.54 Å². The van der Waals surface area contributed by atoms with Crippen molar-refractivity contribution < 1.29 is 19.5 Å². The summed E-state index contributed by atoms with van der Waals surface area (Å²) in [6.45, 7) is 6.55. The normalized spacial score (nSPS) is 17.3. The Hall–Kier alpha value is -1.59. The van der Waals surface area contributed by atoms with Crippen molar-refractivity contribution in [3.05, 3.63) is 0 Å². The van der Waals surface area contributed by atoms with E-state index < -0.39 is 23.2 Å². The van der Waals surface area contributed by atoms with Crippen LogP contribution < -0.4 is 0 Å². The quantitative estimate of drug-likeness (QED) is 0.712. The van der Waals surface area contributed by atoms with Crippen LogP contribution in [0.15, 0.2) is 0 Å². The van der Waals surface area contributed by atoms with E-state index in [0.29, 0.717) is 19.6 Å². The molecule has 6 heteroatoms. The Morgan fingerprint density at radius 1 is 1.22 bits per heavy atom.